The van der Waals surface area contributed by atoms with Gasteiger partial charge in [0, 0.05) is 51.9 Å². The molecule has 3 heterocycles. The number of fused-ring (bicyclic) bond motifs is 2. The van der Waals surface area contributed by atoms with E-state index in [1.165, 1.54) is 0 Å². The monoisotopic (exact) mass is 427 g/mol. The largest absolute Gasteiger partial charge is 0.497 e. The molecule has 2 aliphatic rings. The van der Waals surface area contributed by atoms with Gasteiger partial charge in [0.2, 0.25) is 0 Å². The van der Waals surface area contributed by atoms with Crippen LogP contribution in [0.4, 0.5) is 4.79 Å². The number of nitrogens with one attached hydrogen (secondary N) is 2. The average Bonchev–Trinajstić information content (AvgIpc) is 3.29. The lowest BCUT2D eigenvalue weighted by Crippen LogP contribution is -2.55. The number of nitrogens with zero attached hydrogens (tertiary/aromatic N) is 3. The predicted octanol–water partition coefficient (Wildman–Crippen LogP) is 1.28. The highest BCUT2D eigenvalue weighted by Gasteiger charge is 2.47. The first-order valence-electron chi connectivity index (χ1n) is 10.6. The second-order valence-corrected chi connectivity index (χ2v) is 7.94. The summed E-state index contributed by atoms with van der Waals surface area (Å²) in [4.78, 5) is 31.2. The maximum absolute atomic E-state index is 12.6. The second-order valence-electron chi connectivity index (χ2n) is 7.94. The zero-order chi connectivity index (χ0) is 21.8. The molecule has 4 rings (SSSR count). The average molecular weight is 428 g/mol. The van der Waals surface area contributed by atoms with Crippen molar-refractivity contribution in [2.24, 2.45) is 0 Å². The number of rotatable bonds is 5. The van der Waals surface area contributed by atoms with E-state index in [9.17, 15) is 9.59 Å². The molecule has 1 spiro atoms. The molecule has 2 N–H and O–H groups in total. The van der Waals surface area contributed by atoms with Crippen molar-refractivity contribution in [3.63, 3.8) is 0 Å². The normalized spacial score (nSPS) is 19.5. The number of piperidine rings is 1. The van der Waals surface area contributed by atoms with Crippen LogP contribution >= 0.6 is 0 Å². The van der Waals surface area contributed by atoms with Crippen LogP contribution in [0.2, 0.25) is 0 Å². The minimum absolute atomic E-state index is 0.0784. The fourth-order valence-electron chi connectivity index (χ4n) is 4.32. The maximum Gasteiger partial charge on any atom is 0.317 e. The van der Waals surface area contributed by atoms with Gasteiger partial charge in [0.15, 0.2) is 6.10 Å². The van der Waals surface area contributed by atoms with E-state index < -0.39 is 11.7 Å². The van der Waals surface area contributed by atoms with E-state index in [1.807, 2.05) is 35.0 Å². The number of imidazole rings is 1. The van der Waals surface area contributed by atoms with Crippen molar-refractivity contribution < 1.29 is 19.1 Å². The molecule has 1 aromatic carbocycles. The third kappa shape index (κ3) is 4.36. The summed E-state index contributed by atoms with van der Waals surface area (Å²) in [6.07, 6.45) is 5.02. The van der Waals surface area contributed by atoms with Crippen molar-refractivity contribution in [3.05, 3.63) is 48.0 Å². The zero-order valence-corrected chi connectivity index (χ0v) is 18.0. The standard InChI is InChI=1S/C22H29N5O4/c1-23-19(28)18-15-27-14-11-24-20(27)22(31-18)8-12-26(13-9-22)21(29)25-10-7-16-3-5-17(30-2)6-4-16/h3-6,11,14,18H,7-10,12-13,15H2,1-2H3,(H,23,28)(H,25,29). The quantitative estimate of drug-likeness (QED) is 0.749. The zero-order valence-electron chi connectivity index (χ0n) is 18.0. The van der Waals surface area contributed by atoms with Crippen molar-refractivity contribution in [1.82, 2.24) is 25.1 Å². The number of likely N-dealkylation sites (N-methyl/N-ethyl adjacent to an activating group) is 1. The number of amides is 3. The highest BCUT2D eigenvalue weighted by atomic mass is 16.5. The van der Waals surface area contributed by atoms with Crippen LogP contribution in [0.1, 0.15) is 24.2 Å². The molecule has 9 heteroatoms. The Morgan fingerprint density at radius 1 is 1.26 bits per heavy atom. The van der Waals surface area contributed by atoms with E-state index >= 15 is 0 Å². The first kappa shape index (κ1) is 21.2. The molecule has 166 valence electrons. The second kappa shape index (κ2) is 8.97. The number of hydrogen-bond donors (Lipinski definition) is 2. The van der Waals surface area contributed by atoms with Gasteiger partial charge in [-0.2, -0.15) is 0 Å². The summed E-state index contributed by atoms with van der Waals surface area (Å²) in [6.45, 7) is 2.10. The van der Waals surface area contributed by atoms with Gasteiger partial charge in [-0.1, -0.05) is 12.1 Å². The van der Waals surface area contributed by atoms with Crippen LogP contribution < -0.4 is 15.4 Å². The lowest BCUT2D eigenvalue weighted by molar-refractivity contribution is -0.171. The first-order chi connectivity index (χ1) is 15.0. The van der Waals surface area contributed by atoms with Crippen molar-refractivity contribution in [2.75, 3.05) is 33.8 Å². The van der Waals surface area contributed by atoms with Crippen molar-refractivity contribution in [1.29, 1.82) is 0 Å². The van der Waals surface area contributed by atoms with E-state index in [2.05, 4.69) is 15.6 Å². The Kier molecular flexibility index (Phi) is 6.13. The molecule has 1 aromatic heterocycles. The fourth-order valence-corrected chi connectivity index (χ4v) is 4.32. The SMILES string of the molecule is CNC(=O)C1Cn2ccnc2C2(CCN(C(=O)NCCc3ccc(OC)cc3)CC2)O1. The highest BCUT2D eigenvalue weighted by molar-refractivity contribution is 5.80. The number of likely N-dealkylation sites (tertiary alicyclic amines) is 1. The lowest BCUT2D eigenvalue weighted by Gasteiger charge is -2.45. The topological polar surface area (TPSA) is 97.7 Å². The third-order valence-corrected chi connectivity index (χ3v) is 6.10. The summed E-state index contributed by atoms with van der Waals surface area (Å²) in [7, 11) is 3.25. The number of methoxy groups -OCH3 is 1. The maximum atomic E-state index is 12.6. The number of urea groups is 1. The van der Waals surface area contributed by atoms with Crippen LogP contribution in [-0.2, 0) is 28.1 Å². The molecule has 0 saturated carbocycles. The van der Waals surface area contributed by atoms with Crippen LogP contribution in [0.25, 0.3) is 0 Å². The number of carbonyl (C=O) groups is 2. The molecule has 3 amide bonds. The van der Waals surface area contributed by atoms with E-state index in [4.69, 9.17) is 9.47 Å². The predicted molar refractivity (Wildman–Crippen MR) is 114 cm³/mol. The molecule has 0 aliphatic carbocycles. The lowest BCUT2D eigenvalue weighted by atomic mass is 9.88. The molecule has 1 atom stereocenters. The number of ether oxygens (including phenoxy) is 2. The Morgan fingerprint density at radius 2 is 2.00 bits per heavy atom. The summed E-state index contributed by atoms with van der Waals surface area (Å²) < 4.78 is 13.4. The summed E-state index contributed by atoms with van der Waals surface area (Å²) in [6, 6.07) is 7.76. The van der Waals surface area contributed by atoms with Gasteiger partial charge in [0.05, 0.1) is 13.7 Å². The molecule has 0 bridgehead atoms. The van der Waals surface area contributed by atoms with Crippen LogP contribution in [-0.4, -0.2) is 66.3 Å². The van der Waals surface area contributed by atoms with Gasteiger partial charge in [0.25, 0.3) is 5.91 Å². The summed E-state index contributed by atoms with van der Waals surface area (Å²) in [5, 5.41) is 5.67. The van der Waals surface area contributed by atoms with Gasteiger partial charge in [-0.15, -0.1) is 0 Å². The molecular formula is C22H29N5O4. The Bertz CT molecular complexity index is 918. The molecule has 2 aliphatic heterocycles. The van der Waals surface area contributed by atoms with Gasteiger partial charge in [-0.3, -0.25) is 4.79 Å². The van der Waals surface area contributed by atoms with Crippen molar-refractivity contribution >= 4 is 11.9 Å². The number of benzene rings is 1. The van der Waals surface area contributed by atoms with Crippen molar-refractivity contribution in [2.45, 2.75) is 37.5 Å². The van der Waals surface area contributed by atoms with Crippen LogP contribution in [0.5, 0.6) is 5.75 Å². The first-order valence-corrected chi connectivity index (χ1v) is 10.6. The minimum atomic E-state index is -0.640. The number of carbonyl (C=O) groups excluding carboxylic acids is 2. The molecule has 9 nitrogen and oxygen atoms in total. The van der Waals surface area contributed by atoms with E-state index in [1.54, 1.807) is 25.3 Å². The minimum Gasteiger partial charge on any atom is -0.497 e. The van der Waals surface area contributed by atoms with Crippen molar-refractivity contribution in [3.8, 4) is 5.75 Å². The van der Waals surface area contributed by atoms with Gasteiger partial charge in [-0.25, -0.2) is 9.78 Å². The summed E-state index contributed by atoms with van der Waals surface area (Å²) in [5.74, 6) is 1.52. The third-order valence-electron chi connectivity index (χ3n) is 6.10. The molecule has 0 radical (unpaired) electrons. The molecular weight excluding hydrogens is 398 g/mol. The number of hydrogen-bond acceptors (Lipinski definition) is 5. The molecule has 1 unspecified atom stereocenters. The van der Waals surface area contributed by atoms with E-state index in [0.717, 1.165) is 23.6 Å². The highest BCUT2D eigenvalue weighted by Crippen LogP contribution is 2.40. The van der Waals surface area contributed by atoms with E-state index in [0.29, 0.717) is 39.0 Å². The molecule has 1 saturated heterocycles. The molecule has 1 fully saturated rings. The van der Waals surface area contributed by atoms with Gasteiger partial charge < -0.3 is 29.6 Å². The fraction of sp³-hybridized carbons (Fsp3) is 0.500. The Hall–Kier alpha value is -3.07. The molecule has 31 heavy (non-hydrogen) atoms. The Labute approximate surface area is 181 Å². The van der Waals surface area contributed by atoms with Crippen LogP contribution in [0.3, 0.4) is 0 Å². The van der Waals surface area contributed by atoms with Gasteiger partial charge in [0.1, 0.15) is 17.2 Å². The Morgan fingerprint density at radius 3 is 2.68 bits per heavy atom. The van der Waals surface area contributed by atoms with E-state index in [-0.39, 0.29) is 11.9 Å². The van der Waals surface area contributed by atoms with Crippen LogP contribution in [0.15, 0.2) is 36.7 Å². The van der Waals surface area contributed by atoms with Gasteiger partial charge >= 0.3 is 6.03 Å². The number of aromatic nitrogens is 2. The summed E-state index contributed by atoms with van der Waals surface area (Å²) in [5.41, 5.74) is 0.500. The smallest absolute Gasteiger partial charge is 0.317 e. The molecule has 2 aromatic rings. The summed E-state index contributed by atoms with van der Waals surface area (Å²) >= 11 is 0. The van der Waals surface area contributed by atoms with Crippen LogP contribution in [0, 0.1) is 0 Å². The Balaban J connectivity index is 1.32. The van der Waals surface area contributed by atoms with Gasteiger partial charge in [-0.05, 0) is 24.1 Å².